The van der Waals surface area contributed by atoms with Gasteiger partial charge >= 0.3 is 0 Å². The van der Waals surface area contributed by atoms with Crippen molar-refractivity contribution in [3.05, 3.63) is 0 Å². The first kappa shape index (κ1) is 15.9. The first-order chi connectivity index (χ1) is 8.13. The Bertz CT molecular complexity index is 212. The fourth-order valence-electron chi connectivity index (χ4n) is 1.49. The van der Waals surface area contributed by atoms with Crippen LogP contribution in [0.5, 0.6) is 0 Å². The summed E-state index contributed by atoms with van der Waals surface area (Å²) >= 11 is 0. The molecule has 0 radical (unpaired) electrons. The van der Waals surface area contributed by atoms with Crippen molar-refractivity contribution in [1.82, 2.24) is 15.5 Å². The molecule has 0 unspecified atom stereocenters. The van der Waals surface area contributed by atoms with Crippen LogP contribution < -0.4 is 10.6 Å². The molecule has 0 saturated heterocycles. The number of nitrogens with zero attached hydrogens (tertiary/aromatic N) is 1. The molecule has 0 bridgehead atoms. The van der Waals surface area contributed by atoms with Crippen LogP contribution in [0.25, 0.3) is 0 Å². The van der Waals surface area contributed by atoms with Crippen LogP contribution in [0.1, 0.15) is 32.6 Å². The fraction of sp³-hybridized carbons (Fsp3) is 0.833. The van der Waals surface area contributed by atoms with Gasteiger partial charge in [0.2, 0.25) is 11.8 Å². The molecule has 0 saturated carbocycles. The standard InChI is InChI=1S/C12H25N3O2/c1-4-5-8-15(9-6-11(16)13-2)10-7-12(17)14-3/h4-10H2,1-3H3,(H,13,16)(H,14,17). The lowest BCUT2D eigenvalue weighted by atomic mass is 10.2. The van der Waals surface area contributed by atoms with E-state index in [1.165, 1.54) is 0 Å². The van der Waals surface area contributed by atoms with Crippen LogP contribution in [0.4, 0.5) is 0 Å². The molecule has 0 aliphatic rings. The normalized spacial score (nSPS) is 10.4. The lowest BCUT2D eigenvalue weighted by molar-refractivity contribution is -0.120. The summed E-state index contributed by atoms with van der Waals surface area (Å²) in [5.41, 5.74) is 0. The molecule has 0 aromatic carbocycles. The van der Waals surface area contributed by atoms with Gasteiger partial charge in [0, 0.05) is 40.0 Å². The highest BCUT2D eigenvalue weighted by Gasteiger charge is 2.08. The van der Waals surface area contributed by atoms with Crippen molar-refractivity contribution < 1.29 is 9.59 Å². The van der Waals surface area contributed by atoms with E-state index in [9.17, 15) is 9.59 Å². The minimum absolute atomic E-state index is 0.0476. The number of amides is 2. The van der Waals surface area contributed by atoms with E-state index in [2.05, 4.69) is 22.5 Å². The van der Waals surface area contributed by atoms with E-state index in [1.54, 1.807) is 14.1 Å². The van der Waals surface area contributed by atoms with Crippen molar-refractivity contribution in [2.75, 3.05) is 33.7 Å². The topological polar surface area (TPSA) is 61.4 Å². The predicted molar refractivity (Wildman–Crippen MR) is 68.7 cm³/mol. The Balaban J connectivity index is 3.95. The van der Waals surface area contributed by atoms with Crippen molar-refractivity contribution >= 4 is 11.8 Å². The molecular formula is C12H25N3O2. The van der Waals surface area contributed by atoms with E-state index in [0.29, 0.717) is 12.8 Å². The largest absolute Gasteiger partial charge is 0.359 e. The molecular weight excluding hydrogens is 218 g/mol. The van der Waals surface area contributed by atoms with Gasteiger partial charge in [0.15, 0.2) is 0 Å². The summed E-state index contributed by atoms with van der Waals surface area (Å²) in [5.74, 6) is 0.0953. The van der Waals surface area contributed by atoms with E-state index in [-0.39, 0.29) is 11.8 Å². The number of carbonyl (C=O) groups excluding carboxylic acids is 2. The van der Waals surface area contributed by atoms with Gasteiger partial charge in [-0.15, -0.1) is 0 Å². The maximum atomic E-state index is 11.2. The van der Waals surface area contributed by atoms with Crippen molar-refractivity contribution in [3.8, 4) is 0 Å². The number of hydrogen-bond donors (Lipinski definition) is 2. The zero-order valence-corrected chi connectivity index (χ0v) is 11.2. The molecule has 0 fully saturated rings. The lowest BCUT2D eigenvalue weighted by Crippen LogP contribution is -2.33. The molecule has 0 aromatic heterocycles. The van der Waals surface area contributed by atoms with Crippen molar-refractivity contribution in [3.63, 3.8) is 0 Å². The number of rotatable bonds is 9. The van der Waals surface area contributed by atoms with Gasteiger partial charge in [-0.2, -0.15) is 0 Å². The third-order valence-electron chi connectivity index (χ3n) is 2.70. The number of carbonyl (C=O) groups is 2. The second-order valence-corrected chi connectivity index (χ2v) is 4.04. The molecule has 2 amide bonds. The molecule has 0 atom stereocenters. The van der Waals surface area contributed by atoms with E-state index >= 15 is 0 Å². The van der Waals surface area contributed by atoms with E-state index in [1.807, 2.05) is 0 Å². The zero-order chi connectivity index (χ0) is 13.1. The average molecular weight is 243 g/mol. The van der Waals surface area contributed by atoms with Gasteiger partial charge in [-0.25, -0.2) is 0 Å². The maximum absolute atomic E-state index is 11.2. The van der Waals surface area contributed by atoms with Gasteiger partial charge in [-0.3, -0.25) is 9.59 Å². The molecule has 0 aliphatic heterocycles. The molecule has 5 nitrogen and oxygen atoms in total. The number of nitrogens with one attached hydrogen (secondary N) is 2. The van der Waals surface area contributed by atoms with Gasteiger partial charge in [-0.1, -0.05) is 13.3 Å². The van der Waals surface area contributed by atoms with Crippen LogP contribution in [-0.2, 0) is 9.59 Å². The molecule has 0 aliphatic carbocycles. The van der Waals surface area contributed by atoms with Crippen LogP contribution >= 0.6 is 0 Å². The summed E-state index contributed by atoms with van der Waals surface area (Å²) in [5, 5.41) is 5.22. The second-order valence-electron chi connectivity index (χ2n) is 4.04. The molecule has 0 heterocycles. The molecule has 100 valence electrons. The molecule has 0 aromatic rings. The predicted octanol–water partition coefficient (Wildman–Crippen LogP) is 0.361. The van der Waals surface area contributed by atoms with Crippen LogP contribution in [0, 0.1) is 0 Å². The van der Waals surface area contributed by atoms with Crippen molar-refractivity contribution in [1.29, 1.82) is 0 Å². The SMILES string of the molecule is CCCCN(CCC(=O)NC)CCC(=O)NC. The quantitative estimate of drug-likeness (QED) is 0.615. The summed E-state index contributed by atoms with van der Waals surface area (Å²) in [6, 6.07) is 0. The van der Waals surface area contributed by atoms with Gasteiger partial charge in [0.25, 0.3) is 0 Å². The van der Waals surface area contributed by atoms with Gasteiger partial charge in [-0.05, 0) is 13.0 Å². The Morgan fingerprint density at radius 1 is 0.941 bits per heavy atom. The summed E-state index contributed by atoms with van der Waals surface area (Å²) in [6.45, 7) is 4.52. The number of unbranched alkanes of at least 4 members (excludes halogenated alkanes) is 1. The van der Waals surface area contributed by atoms with E-state index in [0.717, 1.165) is 32.5 Å². The fourth-order valence-corrected chi connectivity index (χ4v) is 1.49. The highest BCUT2D eigenvalue weighted by atomic mass is 16.2. The van der Waals surface area contributed by atoms with Gasteiger partial charge in [0.1, 0.15) is 0 Å². The Hall–Kier alpha value is -1.10. The van der Waals surface area contributed by atoms with Gasteiger partial charge < -0.3 is 15.5 Å². The minimum atomic E-state index is 0.0476. The summed E-state index contributed by atoms with van der Waals surface area (Å²) < 4.78 is 0. The Morgan fingerprint density at radius 2 is 1.41 bits per heavy atom. The van der Waals surface area contributed by atoms with Gasteiger partial charge in [0.05, 0.1) is 0 Å². The van der Waals surface area contributed by atoms with Crippen LogP contribution in [0.15, 0.2) is 0 Å². The molecule has 2 N–H and O–H groups in total. The average Bonchev–Trinajstić information content (AvgIpc) is 2.36. The third-order valence-corrected chi connectivity index (χ3v) is 2.70. The summed E-state index contributed by atoms with van der Waals surface area (Å²) in [7, 11) is 3.28. The lowest BCUT2D eigenvalue weighted by Gasteiger charge is -2.21. The Morgan fingerprint density at radius 3 is 1.76 bits per heavy atom. The van der Waals surface area contributed by atoms with Crippen LogP contribution in [-0.4, -0.2) is 50.4 Å². The molecule has 17 heavy (non-hydrogen) atoms. The maximum Gasteiger partial charge on any atom is 0.221 e. The van der Waals surface area contributed by atoms with Crippen molar-refractivity contribution in [2.45, 2.75) is 32.6 Å². The van der Waals surface area contributed by atoms with E-state index in [4.69, 9.17) is 0 Å². The Labute approximate surface area is 104 Å². The minimum Gasteiger partial charge on any atom is -0.359 e. The highest BCUT2D eigenvalue weighted by molar-refractivity contribution is 5.76. The number of hydrogen-bond acceptors (Lipinski definition) is 3. The molecule has 5 heteroatoms. The van der Waals surface area contributed by atoms with E-state index < -0.39 is 0 Å². The Kier molecular flexibility index (Phi) is 9.43. The monoisotopic (exact) mass is 243 g/mol. The van der Waals surface area contributed by atoms with Crippen LogP contribution in [0.3, 0.4) is 0 Å². The third kappa shape index (κ3) is 8.68. The highest BCUT2D eigenvalue weighted by Crippen LogP contribution is 1.99. The van der Waals surface area contributed by atoms with Crippen LogP contribution in [0.2, 0.25) is 0 Å². The second kappa shape index (κ2) is 10.1. The molecule has 0 spiro atoms. The van der Waals surface area contributed by atoms with Crippen molar-refractivity contribution in [2.24, 2.45) is 0 Å². The first-order valence-electron chi connectivity index (χ1n) is 6.27. The zero-order valence-electron chi connectivity index (χ0n) is 11.2. The summed E-state index contributed by atoms with van der Waals surface area (Å²) in [4.78, 5) is 24.5. The molecule has 0 rings (SSSR count). The first-order valence-corrected chi connectivity index (χ1v) is 6.27. The smallest absolute Gasteiger partial charge is 0.221 e. The summed E-state index contributed by atoms with van der Waals surface area (Å²) in [6.07, 6.45) is 3.21.